The molecule has 1 aromatic heterocycles. The van der Waals surface area contributed by atoms with Gasteiger partial charge in [0, 0.05) is 34.9 Å². The SMILES string of the molecule is COc1ccc2c(OC3CC(C(=O)NC4(C(=O)NS(=O)(=O)C5(CC6CC6)CC5)CC45CC5)N(C(=O)C(NC(=O)OC(C)(C)C)C(C)(C)C)C3)cc(-c3ccccc3)nc2c1. The minimum atomic E-state index is -3.99. The Kier molecular flexibility index (Phi) is 10.2. The maximum atomic E-state index is 14.8. The van der Waals surface area contributed by atoms with Crippen LogP contribution in [-0.2, 0) is 29.1 Å². The number of alkyl carbamates (subject to hydrolysis) is 1. The molecule has 3 N–H and O–H groups in total. The standard InChI is InChI=1S/C45H57N5O9S/c1-41(2,3)36(47-40(54)59-42(4,5)6)38(52)50-25-30(58-35-23-32(28-11-9-8-10-12-28)46-33-21-29(57-7)15-16-31(33)35)22-34(50)37(51)48-45(26-43(45)17-18-43)39(53)49-60(55,56)44(19-20-44)24-27-13-14-27/h8-12,15-16,21,23,27,30,34,36H,13-14,17-20,22,24-26H2,1-7H3,(H,47,54)(H,48,51)(H,49,53). The van der Waals surface area contributed by atoms with Gasteiger partial charge in [0.25, 0.3) is 5.91 Å². The van der Waals surface area contributed by atoms with Crippen LogP contribution in [0.1, 0.15) is 99.3 Å². The Morgan fingerprint density at radius 3 is 2.23 bits per heavy atom. The molecule has 3 aromatic rings. The van der Waals surface area contributed by atoms with Gasteiger partial charge in [0.05, 0.1) is 29.6 Å². The Morgan fingerprint density at radius 2 is 1.65 bits per heavy atom. The molecule has 1 saturated heterocycles. The Labute approximate surface area is 351 Å². The minimum Gasteiger partial charge on any atom is -0.497 e. The molecule has 14 nitrogen and oxygen atoms in total. The molecule has 4 saturated carbocycles. The first-order valence-electron chi connectivity index (χ1n) is 21.1. The number of nitrogens with one attached hydrogen (secondary N) is 3. The summed E-state index contributed by atoms with van der Waals surface area (Å²) in [5.41, 5.74) is -1.47. The van der Waals surface area contributed by atoms with Gasteiger partial charge in [0.1, 0.15) is 40.8 Å². The molecule has 2 aromatic carbocycles. The quantitative estimate of drug-likeness (QED) is 0.184. The monoisotopic (exact) mass is 843 g/mol. The lowest BCUT2D eigenvalue weighted by Gasteiger charge is -2.36. The van der Waals surface area contributed by atoms with Crippen LogP contribution in [-0.4, -0.2) is 89.8 Å². The van der Waals surface area contributed by atoms with Crippen LogP contribution < -0.4 is 24.8 Å². The van der Waals surface area contributed by atoms with Gasteiger partial charge in [0.15, 0.2) is 0 Å². The zero-order valence-electron chi connectivity index (χ0n) is 35.6. The van der Waals surface area contributed by atoms with Gasteiger partial charge in [-0.15, -0.1) is 0 Å². The van der Waals surface area contributed by atoms with Crippen molar-refractivity contribution in [3.63, 3.8) is 0 Å². The van der Waals surface area contributed by atoms with E-state index in [0.29, 0.717) is 72.5 Å². The number of benzene rings is 2. The lowest BCUT2D eigenvalue weighted by Crippen LogP contribution is -2.60. The van der Waals surface area contributed by atoms with Crippen molar-refractivity contribution in [2.24, 2.45) is 16.7 Å². The van der Waals surface area contributed by atoms with Crippen molar-refractivity contribution in [1.82, 2.24) is 25.2 Å². The largest absolute Gasteiger partial charge is 0.497 e. The van der Waals surface area contributed by atoms with Gasteiger partial charge in [-0.3, -0.25) is 19.1 Å². The average molecular weight is 844 g/mol. The van der Waals surface area contributed by atoms with E-state index in [1.807, 2.05) is 69.3 Å². The highest BCUT2D eigenvalue weighted by Crippen LogP contribution is 2.73. The Morgan fingerprint density at radius 1 is 0.950 bits per heavy atom. The number of nitrogens with zero attached hydrogens (tertiary/aromatic N) is 2. The predicted octanol–water partition coefficient (Wildman–Crippen LogP) is 6.02. The molecule has 60 heavy (non-hydrogen) atoms. The average Bonchev–Trinajstić information content (AvgIpc) is 4.03. The van der Waals surface area contributed by atoms with E-state index in [-0.39, 0.29) is 13.0 Å². The second-order valence-corrected chi connectivity index (χ2v) is 21.9. The number of likely N-dealkylation sites (tertiary alicyclic amines) is 1. The molecule has 1 spiro atoms. The van der Waals surface area contributed by atoms with Crippen LogP contribution in [0.2, 0.25) is 0 Å². The Hall–Kier alpha value is -4.92. The topological polar surface area (TPSA) is 182 Å². The maximum Gasteiger partial charge on any atom is 0.408 e. The first kappa shape index (κ1) is 41.8. The van der Waals surface area contributed by atoms with E-state index in [0.717, 1.165) is 18.4 Å². The zero-order valence-corrected chi connectivity index (χ0v) is 36.4. The van der Waals surface area contributed by atoms with Crippen LogP contribution in [0, 0.1) is 16.7 Å². The van der Waals surface area contributed by atoms with Crippen molar-refractivity contribution in [3.05, 3.63) is 54.6 Å². The van der Waals surface area contributed by atoms with Crippen LogP contribution in [0.4, 0.5) is 4.79 Å². The fourth-order valence-electron chi connectivity index (χ4n) is 8.91. The summed E-state index contributed by atoms with van der Waals surface area (Å²) >= 11 is 0. The van der Waals surface area contributed by atoms with E-state index in [2.05, 4.69) is 15.4 Å². The van der Waals surface area contributed by atoms with Crippen LogP contribution >= 0.6 is 0 Å². The molecular weight excluding hydrogens is 787 g/mol. The summed E-state index contributed by atoms with van der Waals surface area (Å²) in [6, 6.07) is 14.7. The van der Waals surface area contributed by atoms with Crippen LogP contribution in [0.3, 0.4) is 0 Å². The number of carbonyl (C=O) groups is 4. The first-order valence-corrected chi connectivity index (χ1v) is 22.6. The summed E-state index contributed by atoms with van der Waals surface area (Å²) in [6.45, 7) is 10.6. The smallest absolute Gasteiger partial charge is 0.408 e. The third-order valence-electron chi connectivity index (χ3n) is 12.9. The number of ether oxygens (including phenoxy) is 3. The lowest BCUT2D eigenvalue weighted by atomic mass is 9.85. The van der Waals surface area contributed by atoms with Crippen molar-refractivity contribution in [2.75, 3.05) is 13.7 Å². The van der Waals surface area contributed by atoms with Crippen molar-refractivity contribution >= 4 is 44.7 Å². The normalized spacial score (nSPS) is 24.3. The van der Waals surface area contributed by atoms with Crippen molar-refractivity contribution in [2.45, 2.75) is 133 Å². The fourth-order valence-corrected chi connectivity index (χ4v) is 10.6. The van der Waals surface area contributed by atoms with Crippen LogP contribution in [0.15, 0.2) is 54.6 Å². The van der Waals surface area contributed by atoms with Gasteiger partial charge in [-0.2, -0.15) is 0 Å². The van der Waals surface area contributed by atoms with Crippen molar-refractivity contribution in [1.29, 1.82) is 0 Å². The predicted molar refractivity (Wildman–Crippen MR) is 224 cm³/mol. The number of hydrogen-bond donors (Lipinski definition) is 3. The summed E-state index contributed by atoms with van der Waals surface area (Å²) in [5, 5.41) is 6.46. The molecule has 322 valence electrons. The molecule has 0 radical (unpaired) electrons. The summed E-state index contributed by atoms with van der Waals surface area (Å²) in [5.74, 6) is -0.373. The highest BCUT2D eigenvalue weighted by molar-refractivity contribution is 7.91. The highest BCUT2D eigenvalue weighted by Gasteiger charge is 2.79. The number of amides is 4. The summed E-state index contributed by atoms with van der Waals surface area (Å²) in [6.07, 6.45) is 3.77. The van der Waals surface area contributed by atoms with Gasteiger partial charge in [-0.25, -0.2) is 18.2 Å². The number of sulfonamides is 1. The molecule has 8 rings (SSSR count). The second kappa shape index (κ2) is 14.6. The number of methoxy groups -OCH3 is 1. The first-order chi connectivity index (χ1) is 28.2. The lowest BCUT2D eigenvalue weighted by molar-refractivity contribution is -0.143. The van der Waals surface area contributed by atoms with E-state index in [9.17, 15) is 27.6 Å². The van der Waals surface area contributed by atoms with Crippen LogP contribution in [0.5, 0.6) is 11.5 Å². The second-order valence-electron chi connectivity index (χ2n) is 19.8. The molecule has 5 aliphatic rings. The van der Waals surface area contributed by atoms with E-state index in [1.165, 1.54) is 4.90 Å². The van der Waals surface area contributed by atoms with E-state index in [1.54, 1.807) is 33.9 Å². The van der Waals surface area contributed by atoms with Gasteiger partial charge < -0.3 is 29.7 Å². The van der Waals surface area contributed by atoms with Gasteiger partial charge >= 0.3 is 6.09 Å². The number of pyridine rings is 1. The molecule has 0 bridgehead atoms. The zero-order chi connectivity index (χ0) is 43.0. The third kappa shape index (κ3) is 8.13. The number of carbonyl (C=O) groups excluding carboxylic acids is 4. The van der Waals surface area contributed by atoms with Crippen molar-refractivity contribution < 1.29 is 41.8 Å². The highest BCUT2D eigenvalue weighted by atomic mass is 32.2. The van der Waals surface area contributed by atoms with Gasteiger partial charge in [0.2, 0.25) is 21.8 Å². The van der Waals surface area contributed by atoms with E-state index in [4.69, 9.17) is 19.2 Å². The Bertz CT molecular complexity index is 2330. The fraction of sp³-hybridized carbons (Fsp3) is 0.578. The maximum absolute atomic E-state index is 14.8. The van der Waals surface area contributed by atoms with Gasteiger partial charge in [-0.1, -0.05) is 63.9 Å². The molecule has 4 amide bonds. The number of rotatable bonds is 13. The molecule has 15 heteroatoms. The number of hydrogen-bond acceptors (Lipinski definition) is 10. The number of aromatic nitrogens is 1. The molecule has 4 unspecified atom stereocenters. The van der Waals surface area contributed by atoms with E-state index >= 15 is 0 Å². The molecule has 4 aliphatic carbocycles. The Balaban J connectivity index is 1.10. The number of fused-ring (bicyclic) bond motifs is 1. The summed E-state index contributed by atoms with van der Waals surface area (Å²) in [4.78, 5) is 63.2. The molecule has 1 aliphatic heterocycles. The van der Waals surface area contributed by atoms with E-state index < -0.39 is 78.7 Å². The van der Waals surface area contributed by atoms with Crippen molar-refractivity contribution in [3.8, 4) is 22.8 Å². The van der Waals surface area contributed by atoms with Gasteiger partial charge in [-0.05, 0) is 82.8 Å². The molecule has 4 atom stereocenters. The molecule has 2 heterocycles. The van der Waals surface area contributed by atoms with Crippen LogP contribution in [0.25, 0.3) is 22.2 Å². The molecule has 5 fully saturated rings. The molecular formula is C45H57N5O9S. The summed E-state index contributed by atoms with van der Waals surface area (Å²) in [7, 11) is -2.41. The minimum absolute atomic E-state index is 0.0253. The summed E-state index contributed by atoms with van der Waals surface area (Å²) < 4.78 is 46.7. The third-order valence-corrected chi connectivity index (χ3v) is 15.1.